The van der Waals surface area contributed by atoms with E-state index in [4.69, 9.17) is 15.2 Å². The molecule has 0 aliphatic carbocycles. The van der Waals surface area contributed by atoms with Gasteiger partial charge in [0.15, 0.2) is 0 Å². The molecule has 4 nitrogen and oxygen atoms in total. The average molecular weight is 291 g/mol. The van der Waals surface area contributed by atoms with Crippen LogP contribution >= 0.6 is 0 Å². The van der Waals surface area contributed by atoms with Gasteiger partial charge in [-0.2, -0.15) is 0 Å². The van der Waals surface area contributed by atoms with E-state index in [0.29, 0.717) is 17.2 Å². The number of rotatable bonds is 5. The van der Waals surface area contributed by atoms with Gasteiger partial charge < -0.3 is 15.2 Å². The maximum absolute atomic E-state index is 12.3. The monoisotopic (exact) mass is 291 g/mol. The summed E-state index contributed by atoms with van der Waals surface area (Å²) in [5.74, 6) is 1.82. The van der Waals surface area contributed by atoms with Crippen molar-refractivity contribution < 1.29 is 13.7 Å². The molecule has 1 unspecified atom stereocenters. The predicted molar refractivity (Wildman–Crippen MR) is 80.5 cm³/mol. The van der Waals surface area contributed by atoms with E-state index in [1.165, 1.54) is 0 Å². The number of anilines is 1. The second-order valence-electron chi connectivity index (χ2n) is 4.28. The molecule has 2 N–H and O–H groups in total. The lowest BCUT2D eigenvalue weighted by atomic mass is 10.2. The lowest BCUT2D eigenvalue weighted by Gasteiger charge is -2.07. The van der Waals surface area contributed by atoms with E-state index in [1.54, 1.807) is 44.6 Å². The molecule has 106 valence electrons. The van der Waals surface area contributed by atoms with Crippen LogP contribution in [0.25, 0.3) is 0 Å². The molecule has 1 atom stereocenters. The smallest absolute Gasteiger partial charge is 0.121 e. The molecule has 0 aromatic heterocycles. The number of ether oxygens (including phenoxy) is 2. The van der Waals surface area contributed by atoms with E-state index in [2.05, 4.69) is 0 Å². The van der Waals surface area contributed by atoms with Crippen molar-refractivity contribution in [3.05, 3.63) is 48.0 Å². The Hall–Kier alpha value is -2.01. The van der Waals surface area contributed by atoms with Crippen molar-refractivity contribution in [2.24, 2.45) is 0 Å². The zero-order valence-corrected chi connectivity index (χ0v) is 12.3. The normalized spacial score (nSPS) is 11.9. The van der Waals surface area contributed by atoms with Crippen molar-refractivity contribution in [2.75, 3.05) is 20.0 Å². The molecule has 0 aliphatic rings. The molecule has 2 aromatic rings. The van der Waals surface area contributed by atoms with Gasteiger partial charge >= 0.3 is 0 Å². The van der Waals surface area contributed by atoms with Crippen molar-refractivity contribution in [3.63, 3.8) is 0 Å². The van der Waals surface area contributed by atoms with Crippen LogP contribution in [0.2, 0.25) is 0 Å². The molecule has 5 heteroatoms. The maximum atomic E-state index is 12.3. The Morgan fingerprint density at radius 3 is 2.25 bits per heavy atom. The van der Waals surface area contributed by atoms with Crippen LogP contribution in [0.3, 0.4) is 0 Å². The molecule has 0 spiro atoms. The van der Waals surface area contributed by atoms with E-state index in [-0.39, 0.29) is 0 Å². The molecule has 0 amide bonds. The van der Waals surface area contributed by atoms with Gasteiger partial charge in [0.05, 0.1) is 30.8 Å². The van der Waals surface area contributed by atoms with Gasteiger partial charge in [0.2, 0.25) is 0 Å². The summed E-state index contributed by atoms with van der Waals surface area (Å²) in [5.41, 5.74) is 7.28. The van der Waals surface area contributed by atoms with E-state index >= 15 is 0 Å². The summed E-state index contributed by atoms with van der Waals surface area (Å²) < 4.78 is 22.6. The fourth-order valence-corrected chi connectivity index (χ4v) is 2.93. The summed E-state index contributed by atoms with van der Waals surface area (Å²) in [6.45, 7) is 0. The second-order valence-corrected chi connectivity index (χ2v) is 5.73. The minimum absolute atomic E-state index is 0.397. The first-order chi connectivity index (χ1) is 9.62. The first-order valence-corrected chi connectivity index (χ1v) is 7.40. The summed E-state index contributed by atoms with van der Waals surface area (Å²) in [5, 5.41) is 0. The largest absolute Gasteiger partial charge is 0.497 e. The van der Waals surface area contributed by atoms with Gasteiger partial charge in [-0.1, -0.05) is 0 Å². The number of benzene rings is 2. The van der Waals surface area contributed by atoms with Crippen LogP contribution in [0.4, 0.5) is 5.69 Å². The Balaban J connectivity index is 2.16. The highest BCUT2D eigenvalue weighted by Gasteiger charge is 2.07. The SMILES string of the molecule is COc1ccc(S(=O)Cc2cc(N)cc(OC)c2)cc1. The van der Waals surface area contributed by atoms with Gasteiger partial charge in [0, 0.05) is 16.6 Å². The van der Waals surface area contributed by atoms with E-state index < -0.39 is 10.8 Å². The Labute approximate surface area is 121 Å². The molecule has 0 fully saturated rings. The third-order valence-electron chi connectivity index (χ3n) is 2.84. The second kappa shape index (κ2) is 6.43. The topological polar surface area (TPSA) is 61.5 Å². The van der Waals surface area contributed by atoms with Gasteiger partial charge in [-0.05, 0) is 42.0 Å². The summed E-state index contributed by atoms with van der Waals surface area (Å²) in [4.78, 5) is 0.757. The quantitative estimate of drug-likeness (QED) is 0.860. The van der Waals surface area contributed by atoms with E-state index in [0.717, 1.165) is 16.2 Å². The number of hydrogen-bond donors (Lipinski definition) is 1. The van der Waals surface area contributed by atoms with Crippen molar-refractivity contribution in [2.45, 2.75) is 10.6 Å². The first-order valence-electron chi connectivity index (χ1n) is 6.08. The minimum atomic E-state index is -1.13. The van der Waals surface area contributed by atoms with E-state index in [1.807, 2.05) is 12.1 Å². The number of hydrogen-bond acceptors (Lipinski definition) is 4. The minimum Gasteiger partial charge on any atom is -0.497 e. The Bertz CT molecular complexity index is 611. The molecule has 0 radical (unpaired) electrons. The maximum Gasteiger partial charge on any atom is 0.121 e. The molecular weight excluding hydrogens is 274 g/mol. The van der Waals surface area contributed by atoms with Gasteiger partial charge in [0.1, 0.15) is 11.5 Å². The predicted octanol–water partition coefficient (Wildman–Crippen LogP) is 2.59. The third-order valence-corrected chi connectivity index (χ3v) is 4.24. The number of nitrogens with two attached hydrogens (primary N) is 1. The first kappa shape index (κ1) is 14.4. The molecule has 0 saturated heterocycles. The van der Waals surface area contributed by atoms with Crippen LogP contribution in [-0.2, 0) is 16.6 Å². The Kier molecular flexibility index (Phi) is 4.63. The van der Waals surface area contributed by atoms with Crippen LogP contribution in [0.15, 0.2) is 47.4 Å². The molecule has 20 heavy (non-hydrogen) atoms. The molecule has 0 heterocycles. The third kappa shape index (κ3) is 3.51. The highest BCUT2D eigenvalue weighted by atomic mass is 32.2. The van der Waals surface area contributed by atoms with Crippen LogP contribution in [0, 0.1) is 0 Å². The number of nitrogen functional groups attached to an aromatic ring is 1. The Morgan fingerprint density at radius 2 is 1.65 bits per heavy atom. The summed E-state index contributed by atoms with van der Waals surface area (Å²) in [6.07, 6.45) is 0. The molecule has 0 saturated carbocycles. The Morgan fingerprint density at radius 1 is 1.00 bits per heavy atom. The molecular formula is C15H17NO3S. The fraction of sp³-hybridized carbons (Fsp3) is 0.200. The summed E-state index contributed by atoms with van der Waals surface area (Å²) in [7, 11) is 2.05. The molecule has 2 aromatic carbocycles. The lowest BCUT2D eigenvalue weighted by Crippen LogP contribution is -1.99. The van der Waals surface area contributed by atoms with Gasteiger partial charge in [0.25, 0.3) is 0 Å². The molecule has 0 aliphatic heterocycles. The molecule has 2 rings (SSSR count). The van der Waals surface area contributed by atoms with Gasteiger partial charge in [-0.3, -0.25) is 4.21 Å². The zero-order valence-electron chi connectivity index (χ0n) is 11.5. The van der Waals surface area contributed by atoms with Crippen molar-refractivity contribution in [1.29, 1.82) is 0 Å². The van der Waals surface area contributed by atoms with Crippen molar-refractivity contribution in [1.82, 2.24) is 0 Å². The van der Waals surface area contributed by atoms with Crippen molar-refractivity contribution in [3.8, 4) is 11.5 Å². The average Bonchev–Trinajstić information content (AvgIpc) is 2.46. The molecule has 0 bridgehead atoms. The lowest BCUT2D eigenvalue weighted by molar-refractivity contribution is 0.414. The van der Waals surface area contributed by atoms with Crippen LogP contribution in [0.5, 0.6) is 11.5 Å². The van der Waals surface area contributed by atoms with Gasteiger partial charge in [-0.15, -0.1) is 0 Å². The van der Waals surface area contributed by atoms with Crippen molar-refractivity contribution >= 4 is 16.5 Å². The highest BCUT2D eigenvalue weighted by Crippen LogP contribution is 2.22. The number of methoxy groups -OCH3 is 2. The van der Waals surface area contributed by atoms with E-state index in [9.17, 15) is 4.21 Å². The van der Waals surface area contributed by atoms with Crippen LogP contribution < -0.4 is 15.2 Å². The summed E-state index contributed by atoms with van der Waals surface area (Å²) in [6, 6.07) is 12.6. The van der Waals surface area contributed by atoms with Crippen LogP contribution in [0.1, 0.15) is 5.56 Å². The standard InChI is InChI=1S/C15H17NO3S/c1-18-13-3-5-15(6-4-13)20(17)10-11-7-12(16)9-14(8-11)19-2/h3-9H,10,16H2,1-2H3. The fourth-order valence-electron chi connectivity index (χ4n) is 1.85. The summed E-state index contributed by atoms with van der Waals surface area (Å²) >= 11 is 0. The van der Waals surface area contributed by atoms with Gasteiger partial charge in [-0.25, -0.2) is 0 Å². The highest BCUT2D eigenvalue weighted by molar-refractivity contribution is 7.84. The van der Waals surface area contributed by atoms with Crippen LogP contribution in [-0.4, -0.2) is 18.4 Å². The zero-order chi connectivity index (χ0) is 14.5.